The minimum atomic E-state index is -0.432. The molecule has 0 unspecified atom stereocenters. The molecule has 146 valence electrons. The van der Waals surface area contributed by atoms with Gasteiger partial charge in [0.1, 0.15) is 6.54 Å². The quantitative estimate of drug-likeness (QED) is 0.730. The molecule has 2 rings (SSSR count). The number of hydrogen-bond acceptors (Lipinski definition) is 5. The predicted molar refractivity (Wildman–Crippen MR) is 97.8 cm³/mol. The molecule has 1 aliphatic rings. The van der Waals surface area contributed by atoms with Gasteiger partial charge in [0.05, 0.1) is 12.7 Å². The maximum Gasteiger partial charge on any atom is 0.337 e. The monoisotopic (exact) mass is 375 g/mol. The van der Waals surface area contributed by atoms with E-state index in [4.69, 9.17) is 0 Å². The van der Waals surface area contributed by atoms with Gasteiger partial charge in [-0.3, -0.25) is 14.5 Å². The van der Waals surface area contributed by atoms with Gasteiger partial charge in [-0.15, -0.1) is 0 Å². The minimum absolute atomic E-state index is 0.0180. The number of imide groups is 1. The normalized spacial score (nSPS) is 15.5. The van der Waals surface area contributed by atoms with Crippen LogP contribution in [0.15, 0.2) is 24.3 Å². The van der Waals surface area contributed by atoms with Crippen molar-refractivity contribution in [1.29, 1.82) is 0 Å². The Bertz CT molecular complexity index is 717. The standard InChI is InChI=1S/C19H25N3O5/c1-4-13(2)21-10-9-17(24)22(19(21)26)12-16(23)20-11-14-5-7-15(8-6-14)18(25)27-3/h5-8,13H,4,9-12H2,1-3H3,(H,20,23)/t13-/m1/s1. The van der Waals surface area contributed by atoms with E-state index >= 15 is 0 Å². The molecule has 0 bridgehead atoms. The minimum Gasteiger partial charge on any atom is -0.465 e. The lowest BCUT2D eigenvalue weighted by Crippen LogP contribution is -2.57. The summed E-state index contributed by atoms with van der Waals surface area (Å²) in [6, 6.07) is 6.22. The van der Waals surface area contributed by atoms with Crippen molar-refractivity contribution < 1.29 is 23.9 Å². The highest BCUT2D eigenvalue weighted by Crippen LogP contribution is 2.15. The maximum atomic E-state index is 12.5. The second kappa shape index (κ2) is 9.16. The van der Waals surface area contributed by atoms with Crippen LogP contribution in [0.5, 0.6) is 0 Å². The number of esters is 1. The van der Waals surface area contributed by atoms with Crippen LogP contribution >= 0.6 is 0 Å². The predicted octanol–water partition coefficient (Wildman–Crippen LogP) is 1.54. The van der Waals surface area contributed by atoms with Gasteiger partial charge in [0.2, 0.25) is 11.8 Å². The molecule has 0 radical (unpaired) electrons. The van der Waals surface area contributed by atoms with E-state index in [2.05, 4.69) is 10.1 Å². The van der Waals surface area contributed by atoms with Crippen LogP contribution in [0.1, 0.15) is 42.6 Å². The van der Waals surface area contributed by atoms with Crippen molar-refractivity contribution in [1.82, 2.24) is 15.1 Å². The highest BCUT2D eigenvalue weighted by molar-refractivity contribution is 6.00. The lowest BCUT2D eigenvalue weighted by atomic mass is 10.1. The molecule has 0 spiro atoms. The van der Waals surface area contributed by atoms with E-state index in [9.17, 15) is 19.2 Å². The van der Waals surface area contributed by atoms with Gasteiger partial charge >= 0.3 is 12.0 Å². The molecular weight excluding hydrogens is 350 g/mol. The lowest BCUT2D eigenvalue weighted by molar-refractivity contribution is -0.135. The molecule has 1 heterocycles. The number of nitrogens with zero attached hydrogens (tertiary/aromatic N) is 2. The lowest BCUT2D eigenvalue weighted by Gasteiger charge is -2.37. The fraction of sp³-hybridized carbons (Fsp3) is 0.474. The van der Waals surface area contributed by atoms with Gasteiger partial charge in [0.25, 0.3) is 0 Å². The fourth-order valence-corrected chi connectivity index (χ4v) is 2.77. The molecule has 1 atom stereocenters. The average molecular weight is 375 g/mol. The van der Waals surface area contributed by atoms with Crippen LogP contribution in [0.3, 0.4) is 0 Å². The summed E-state index contributed by atoms with van der Waals surface area (Å²) in [6.45, 7) is 4.20. The summed E-state index contributed by atoms with van der Waals surface area (Å²) in [7, 11) is 1.31. The zero-order valence-electron chi connectivity index (χ0n) is 15.9. The number of benzene rings is 1. The molecule has 1 aromatic carbocycles. The van der Waals surface area contributed by atoms with Crippen molar-refractivity contribution in [2.75, 3.05) is 20.2 Å². The van der Waals surface area contributed by atoms with Gasteiger partial charge in [0.15, 0.2) is 0 Å². The van der Waals surface area contributed by atoms with Crippen molar-refractivity contribution in [3.8, 4) is 0 Å². The van der Waals surface area contributed by atoms with Crippen LogP contribution < -0.4 is 5.32 Å². The highest BCUT2D eigenvalue weighted by Gasteiger charge is 2.34. The molecule has 1 saturated heterocycles. The Morgan fingerprint density at radius 2 is 1.89 bits per heavy atom. The zero-order valence-corrected chi connectivity index (χ0v) is 15.9. The summed E-state index contributed by atoms with van der Waals surface area (Å²) < 4.78 is 4.63. The van der Waals surface area contributed by atoms with E-state index in [1.165, 1.54) is 7.11 Å². The van der Waals surface area contributed by atoms with Crippen LogP contribution in [0.4, 0.5) is 4.79 Å². The average Bonchev–Trinajstić information content (AvgIpc) is 2.68. The molecule has 4 amide bonds. The molecule has 1 fully saturated rings. The molecule has 0 saturated carbocycles. The van der Waals surface area contributed by atoms with E-state index in [0.717, 1.165) is 16.9 Å². The SMILES string of the molecule is CC[C@@H](C)N1CCC(=O)N(CC(=O)NCc2ccc(C(=O)OC)cc2)C1=O. The molecular formula is C19H25N3O5. The third-order valence-corrected chi connectivity index (χ3v) is 4.63. The first-order chi connectivity index (χ1) is 12.9. The Labute approximate surface area is 158 Å². The third-order valence-electron chi connectivity index (χ3n) is 4.63. The van der Waals surface area contributed by atoms with E-state index in [0.29, 0.717) is 12.1 Å². The number of carbonyl (C=O) groups excluding carboxylic acids is 4. The summed E-state index contributed by atoms with van der Waals surface area (Å²) in [6.07, 6.45) is 1.000. The summed E-state index contributed by atoms with van der Waals surface area (Å²) in [5.74, 6) is -1.18. The van der Waals surface area contributed by atoms with Crippen molar-refractivity contribution in [3.05, 3.63) is 35.4 Å². The van der Waals surface area contributed by atoms with Gasteiger partial charge in [0, 0.05) is 25.6 Å². The van der Waals surface area contributed by atoms with Gasteiger partial charge in [-0.05, 0) is 31.0 Å². The maximum absolute atomic E-state index is 12.5. The molecule has 0 aromatic heterocycles. The number of rotatable bonds is 7. The van der Waals surface area contributed by atoms with Crippen LogP contribution in [0.25, 0.3) is 0 Å². The molecule has 8 heteroatoms. The molecule has 1 N–H and O–H groups in total. The second-order valence-corrected chi connectivity index (χ2v) is 6.43. The first-order valence-corrected chi connectivity index (χ1v) is 8.92. The molecule has 1 aromatic rings. The number of hydrogen-bond donors (Lipinski definition) is 1. The number of nitrogens with one attached hydrogen (secondary N) is 1. The highest BCUT2D eigenvalue weighted by atomic mass is 16.5. The van der Waals surface area contributed by atoms with Crippen molar-refractivity contribution >= 4 is 23.8 Å². The van der Waals surface area contributed by atoms with Gasteiger partial charge in [-0.25, -0.2) is 9.59 Å². The fourth-order valence-electron chi connectivity index (χ4n) is 2.77. The number of urea groups is 1. The number of methoxy groups -OCH3 is 1. The first-order valence-electron chi connectivity index (χ1n) is 8.92. The summed E-state index contributed by atoms with van der Waals surface area (Å²) >= 11 is 0. The van der Waals surface area contributed by atoms with Crippen LogP contribution in [-0.4, -0.2) is 59.9 Å². The van der Waals surface area contributed by atoms with Crippen LogP contribution in [-0.2, 0) is 20.9 Å². The van der Waals surface area contributed by atoms with Crippen molar-refractivity contribution in [2.45, 2.75) is 39.3 Å². The number of amides is 4. The summed E-state index contributed by atoms with van der Waals surface area (Å²) in [4.78, 5) is 50.8. The summed E-state index contributed by atoms with van der Waals surface area (Å²) in [5.41, 5.74) is 1.20. The van der Waals surface area contributed by atoms with Crippen molar-refractivity contribution in [2.24, 2.45) is 0 Å². The Hall–Kier alpha value is -2.90. The third kappa shape index (κ3) is 5.06. The first kappa shape index (κ1) is 20.4. The number of carbonyl (C=O) groups is 4. The van der Waals surface area contributed by atoms with Gasteiger partial charge in [-0.2, -0.15) is 0 Å². The molecule has 27 heavy (non-hydrogen) atoms. The Morgan fingerprint density at radius 3 is 2.48 bits per heavy atom. The molecule has 1 aliphatic heterocycles. The van der Waals surface area contributed by atoms with E-state index < -0.39 is 17.9 Å². The van der Waals surface area contributed by atoms with Gasteiger partial charge in [-0.1, -0.05) is 19.1 Å². The molecule has 0 aliphatic carbocycles. The Morgan fingerprint density at radius 1 is 1.22 bits per heavy atom. The van der Waals surface area contributed by atoms with E-state index in [1.54, 1.807) is 29.2 Å². The van der Waals surface area contributed by atoms with Crippen LogP contribution in [0.2, 0.25) is 0 Å². The second-order valence-electron chi connectivity index (χ2n) is 6.43. The largest absolute Gasteiger partial charge is 0.465 e. The molecule has 8 nitrogen and oxygen atoms in total. The van der Waals surface area contributed by atoms with E-state index in [1.807, 2.05) is 13.8 Å². The Kier molecular flexibility index (Phi) is 6.92. The Balaban J connectivity index is 1.91. The zero-order chi connectivity index (χ0) is 20.0. The number of ether oxygens (including phenoxy) is 1. The van der Waals surface area contributed by atoms with Crippen molar-refractivity contribution in [3.63, 3.8) is 0 Å². The van der Waals surface area contributed by atoms with Crippen LogP contribution in [0, 0.1) is 0 Å². The smallest absolute Gasteiger partial charge is 0.337 e. The summed E-state index contributed by atoms with van der Waals surface area (Å²) in [5, 5.41) is 2.69. The van der Waals surface area contributed by atoms with E-state index in [-0.39, 0.29) is 31.5 Å². The van der Waals surface area contributed by atoms with Gasteiger partial charge < -0.3 is 15.0 Å². The topological polar surface area (TPSA) is 96.0 Å².